The van der Waals surface area contributed by atoms with E-state index in [2.05, 4.69) is 31.3 Å². The number of benzene rings is 3. The lowest BCUT2D eigenvalue weighted by atomic mass is 9.98. The van der Waals surface area contributed by atoms with E-state index in [1.165, 1.54) is 0 Å². The molecule has 0 heterocycles. The van der Waals surface area contributed by atoms with Crippen LogP contribution < -0.4 is 10.1 Å². The van der Waals surface area contributed by atoms with E-state index in [-0.39, 0.29) is 11.9 Å². The molecule has 3 aromatic carbocycles. The molecule has 0 aliphatic heterocycles. The minimum absolute atomic E-state index is 0.140. The number of aryl methyl sites for hydroxylation is 1. The Balaban J connectivity index is 1.81. The molecule has 1 N–H and O–H groups in total. The lowest BCUT2D eigenvalue weighted by molar-refractivity contribution is -0.127. The number of hydrogen-bond acceptors (Lipinski definition) is 2. The van der Waals surface area contributed by atoms with E-state index in [9.17, 15) is 4.79 Å². The minimum Gasteiger partial charge on any atom is -0.481 e. The van der Waals surface area contributed by atoms with Crippen molar-refractivity contribution in [1.82, 2.24) is 5.32 Å². The first-order valence-electron chi connectivity index (χ1n) is 10.1. The Bertz CT molecular complexity index is 896. The Kier molecular flexibility index (Phi) is 6.71. The van der Waals surface area contributed by atoms with Gasteiger partial charge in [-0.25, -0.2) is 0 Å². The summed E-state index contributed by atoms with van der Waals surface area (Å²) in [5.74, 6) is 0.958. The number of rotatable bonds is 7. The van der Waals surface area contributed by atoms with E-state index in [1.54, 1.807) is 6.92 Å². The molecule has 3 nitrogen and oxygen atoms in total. The topological polar surface area (TPSA) is 38.3 Å². The predicted molar refractivity (Wildman–Crippen MR) is 118 cm³/mol. The summed E-state index contributed by atoms with van der Waals surface area (Å²) in [4.78, 5) is 13.0. The molecule has 0 radical (unpaired) electrons. The lowest BCUT2D eigenvalue weighted by Crippen LogP contribution is -2.39. The van der Waals surface area contributed by atoms with Crippen LogP contribution in [0.25, 0.3) is 0 Å². The molecule has 1 atom stereocenters. The highest BCUT2D eigenvalue weighted by molar-refractivity contribution is 5.81. The van der Waals surface area contributed by atoms with Crippen LogP contribution >= 0.6 is 0 Å². The highest BCUT2D eigenvalue weighted by atomic mass is 16.5. The predicted octanol–water partition coefficient (Wildman–Crippen LogP) is 5.79. The molecule has 0 aliphatic carbocycles. The van der Waals surface area contributed by atoms with Crippen LogP contribution in [0.3, 0.4) is 0 Å². The van der Waals surface area contributed by atoms with Crippen molar-refractivity contribution in [2.45, 2.75) is 45.8 Å². The van der Waals surface area contributed by atoms with Crippen molar-refractivity contribution >= 4 is 5.91 Å². The van der Waals surface area contributed by atoms with Gasteiger partial charge in [-0.3, -0.25) is 4.79 Å². The third-order valence-electron chi connectivity index (χ3n) is 5.02. The second-order valence-electron chi connectivity index (χ2n) is 7.72. The molecule has 0 spiro atoms. The summed E-state index contributed by atoms with van der Waals surface area (Å²) in [5.41, 5.74) is 4.30. The Morgan fingerprint density at radius 2 is 1.38 bits per heavy atom. The van der Waals surface area contributed by atoms with Crippen LogP contribution in [0.2, 0.25) is 0 Å². The van der Waals surface area contributed by atoms with Crippen molar-refractivity contribution < 1.29 is 9.53 Å². The Morgan fingerprint density at radius 3 is 1.90 bits per heavy atom. The van der Waals surface area contributed by atoms with Gasteiger partial charge in [-0.1, -0.05) is 86.6 Å². The van der Waals surface area contributed by atoms with E-state index >= 15 is 0 Å². The quantitative estimate of drug-likeness (QED) is 0.557. The van der Waals surface area contributed by atoms with Crippen LogP contribution in [0.4, 0.5) is 0 Å². The summed E-state index contributed by atoms with van der Waals surface area (Å²) in [6.07, 6.45) is -0.607. The van der Waals surface area contributed by atoms with Crippen LogP contribution in [0, 0.1) is 6.92 Å². The number of carbonyl (C=O) groups is 1. The van der Waals surface area contributed by atoms with Crippen molar-refractivity contribution in [2.24, 2.45) is 0 Å². The fourth-order valence-corrected chi connectivity index (χ4v) is 3.37. The van der Waals surface area contributed by atoms with Crippen molar-refractivity contribution in [3.8, 4) is 5.75 Å². The van der Waals surface area contributed by atoms with Gasteiger partial charge in [-0.15, -0.1) is 0 Å². The maximum Gasteiger partial charge on any atom is 0.261 e. The fraction of sp³-hybridized carbons (Fsp3) is 0.269. The Morgan fingerprint density at radius 1 is 0.828 bits per heavy atom. The zero-order chi connectivity index (χ0) is 20.8. The second-order valence-corrected chi connectivity index (χ2v) is 7.72. The Labute approximate surface area is 173 Å². The molecule has 0 aliphatic rings. The van der Waals surface area contributed by atoms with Crippen LogP contribution in [0.15, 0.2) is 78.9 Å². The second kappa shape index (κ2) is 9.42. The van der Waals surface area contributed by atoms with Crippen molar-refractivity contribution in [2.75, 3.05) is 0 Å². The number of hydrogen-bond donors (Lipinski definition) is 1. The van der Waals surface area contributed by atoms with Gasteiger partial charge in [0, 0.05) is 0 Å². The molecule has 0 aromatic heterocycles. The molecule has 0 bridgehead atoms. The molecular weight excluding hydrogens is 358 g/mol. The maximum absolute atomic E-state index is 13.0. The van der Waals surface area contributed by atoms with Crippen LogP contribution in [-0.4, -0.2) is 12.0 Å². The smallest absolute Gasteiger partial charge is 0.261 e. The normalized spacial score (nSPS) is 12.1. The van der Waals surface area contributed by atoms with Gasteiger partial charge in [0.15, 0.2) is 6.10 Å². The fourth-order valence-electron chi connectivity index (χ4n) is 3.37. The molecule has 3 heteroatoms. The van der Waals surface area contributed by atoms with Gasteiger partial charge < -0.3 is 10.1 Å². The van der Waals surface area contributed by atoms with E-state index in [0.717, 1.165) is 28.0 Å². The molecule has 1 unspecified atom stereocenters. The zero-order valence-corrected chi connectivity index (χ0v) is 17.6. The summed E-state index contributed by atoms with van der Waals surface area (Å²) < 4.78 is 6.11. The SMILES string of the molecule is Cc1ccc(C(C)C)c(OC(C)C(=O)NC(c2ccccc2)c2ccccc2)c1. The van der Waals surface area contributed by atoms with Crippen molar-refractivity contribution in [1.29, 1.82) is 0 Å². The van der Waals surface area contributed by atoms with Gasteiger partial charge in [0.1, 0.15) is 5.75 Å². The summed E-state index contributed by atoms with van der Waals surface area (Å²) >= 11 is 0. The van der Waals surface area contributed by atoms with Crippen LogP contribution in [0.5, 0.6) is 5.75 Å². The van der Waals surface area contributed by atoms with Gasteiger partial charge in [-0.2, -0.15) is 0 Å². The molecule has 1 amide bonds. The largest absolute Gasteiger partial charge is 0.481 e. The van der Waals surface area contributed by atoms with E-state index in [1.807, 2.05) is 73.7 Å². The highest BCUT2D eigenvalue weighted by Gasteiger charge is 2.22. The van der Waals surface area contributed by atoms with Gasteiger partial charge in [-0.05, 0) is 48.1 Å². The number of carbonyl (C=O) groups excluding carboxylic acids is 1. The summed E-state index contributed by atoms with van der Waals surface area (Å²) in [6, 6.07) is 25.9. The van der Waals surface area contributed by atoms with Gasteiger partial charge in [0.2, 0.25) is 0 Å². The molecular formula is C26H29NO2. The summed E-state index contributed by atoms with van der Waals surface area (Å²) in [6.45, 7) is 8.09. The molecule has 150 valence electrons. The van der Waals surface area contributed by atoms with Gasteiger partial charge in [0.25, 0.3) is 5.91 Å². The lowest BCUT2D eigenvalue weighted by Gasteiger charge is -2.24. The molecule has 3 aromatic rings. The minimum atomic E-state index is -0.607. The van der Waals surface area contributed by atoms with E-state index in [0.29, 0.717) is 5.92 Å². The molecule has 29 heavy (non-hydrogen) atoms. The zero-order valence-electron chi connectivity index (χ0n) is 17.6. The average molecular weight is 388 g/mol. The number of ether oxygens (including phenoxy) is 1. The third-order valence-corrected chi connectivity index (χ3v) is 5.02. The van der Waals surface area contributed by atoms with Crippen molar-refractivity contribution in [3.63, 3.8) is 0 Å². The van der Waals surface area contributed by atoms with E-state index in [4.69, 9.17) is 4.74 Å². The summed E-state index contributed by atoms with van der Waals surface area (Å²) in [5, 5.41) is 3.17. The first-order valence-corrected chi connectivity index (χ1v) is 10.1. The first-order chi connectivity index (χ1) is 14.0. The standard InChI is InChI=1S/C26H29NO2/c1-18(2)23-16-15-19(3)17-24(23)29-20(4)26(28)27-25(21-11-7-5-8-12-21)22-13-9-6-10-14-22/h5-18,20,25H,1-4H3,(H,27,28). The maximum atomic E-state index is 13.0. The first kappa shape index (κ1) is 20.7. The van der Waals surface area contributed by atoms with Crippen LogP contribution in [-0.2, 0) is 4.79 Å². The molecule has 0 saturated carbocycles. The third kappa shape index (κ3) is 5.26. The molecule has 3 rings (SSSR count). The van der Waals surface area contributed by atoms with Crippen LogP contribution in [0.1, 0.15) is 55.0 Å². The molecule has 0 saturated heterocycles. The summed E-state index contributed by atoms with van der Waals surface area (Å²) in [7, 11) is 0. The van der Waals surface area contributed by atoms with Gasteiger partial charge >= 0.3 is 0 Å². The van der Waals surface area contributed by atoms with Gasteiger partial charge in [0.05, 0.1) is 6.04 Å². The average Bonchev–Trinajstić information content (AvgIpc) is 2.73. The van der Waals surface area contributed by atoms with E-state index < -0.39 is 6.10 Å². The number of amides is 1. The highest BCUT2D eigenvalue weighted by Crippen LogP contribution is 2.29. The molecule has 0 fully saturated rings. The Hall–Kier alpha value is -3.07. The number of nitrogens with one attached hydrogen (secondary N) is 1. The van der Waals surface area contributed by atoms with Crippen molar-refractivity contribution in [3.05, 3.63) is 101 Å². The monoisotopic (exact) mass is 387 g/mol.